The maximum absolute atomic E-state index is 12.5. The van der Waals surface area contributed by atoms with Crippen LogP contribution in [0.1, 0.15) is 17.0 Å². The number of anilines is 2. The van der Waals surface area contributed by atoms with Crippen molar-refractivity contribution in [2.45, 2.75) is 17.2 Å². The van der Waals surface area contributed by atoms with Gasteiger partial charge in [0.1, 0.15) is 4.33 Å². The molecule has 2 aromatic rings. The minimum Gasteiger partial charge on any atom is -0.399 e. The van der Waals surface area contributed by atoms with Crippen LogP contribution in [0.5, 0.6) is 0 Å². The van der Waals surface area contributed by atoms with E-state index in [1.165, 1.54) is 0 Å². The number of rotatable bonds is 3. The Morgan fingerprint density at radius 3 is 2.43 bits per heavy atom. The number of nitrogens with one attached hydrogen (secondary N) is 1. The van der Waals surface area contributed by atoms with Gasteiger partial charge >= 0.3 is 0 Å². The van der Waals surface area contributed by atoms with Gasteiger partial charge in [0, 0.05) is 22.3 Å². The molecule has 23 heavy (non-hydrogen) atoms. The zero-order valence-electron chi connectivity index (χ0n) is 12.3. The van der Waals surface area contributed by atoms with E-state index in [-0.39, 0.29) is 11.8 Å². The van der Waals surface area contributed by atoms with Crippen molar-refractivity contribution in [3.8, 4) is 0 Å². The third-order valence-electron chi connectivity index (χ3n) is 4.06. The van der Waals surface area contributed by atoms with Crippen LogP contribution in [0.3, 0.4) is 0 Å². The highest BCUT2D eigenvalue weighted by molar-refractivity contribution is 6.53. The summed E-state index contributed by atoms with van der Waals surface area (Å²) in [7, 11) is 0. The van der Waals surface area contributed by atoms with E-state index in [9.17, 15) is 4.79 Å². The van der Waals surface area contributed by atoms with Crippen LogP contribution in [0.15, 0.2) is 42.5 Å². The average Bonchev–Trinajstić information content (AvgIpc) is 3.06. The smallest absolute Gasteiger partial charge is 0.231 e. The van der Waals surface area contributed by atoms with E-state index in [2.05, 4.69) is 5.32 Å². The van der Waals surface area contributed by atoms with Crippen molar-refractivity contribution in [3.63, 3.8) is 0 Å². The predicted octanol–water partition coefficient (Wildman–Crippen LogP) is 4.76. The summed E-state index contributed by atoms with van der Waals surface area (Å²) >= 11 is 18.6. The molecule has 0 aliphatic heterocycles. The van der Waals surface area contributed by atoms with E-state index in [0.29, 0.717) is 16.4 Å². The Bertz CT molecular complexity index is 759. The second-order valence-electron chi connectivity index (χ2n) is 5.75. The van der Waals surface area contributed by atoms with Gasteiger partial charge in [0.05, 0.1) is 5.92 Å². The van der Waals surface area contributed by atoms with Crippen molar-refractivity contribution < 1.29 is 4.79 Å². The lowest BCUT2D eigenvalue weighted by molar-refractivity contribution is -0.117. The predicted molar refractivity (Wildman–Crippen MR) is 96.3 cm³/mol. The molecule has 120 valence electrons. The second kappa shape index (κ2) is 5.90. The lowest BCUT2D eigenvalue weighted by Gasteiger charge is -2.07. The number of nitrogen functional groups attached to an aromatic ring is 1. The van der Waals surface area contributed by atoms with Gasteiger partial charge < -0.3 is 11.1 Å². The van der Waals surface area contributed by atoms with E-state index < -0.39 is 10.3 Å². The second-order valence-corrected chi connectivity index (χ2v) is 7.60. The Morgan fingerprint density at radius 2 is 1.83 bits per heavy atom. The van der Waals surface area contributed by atoms with E-state index in [1.807, 2.05) is 25.1 Å². The maximum atomic E-state index is 12.5. The summed E-state index contributed by atoms with van der Waals surface area (Å²) < 4.78 is -1.11. The molecule has 2 unspecified atom stereocenters. The Hall–Kier alpha value is -1.42. The van der Waals surface area contributed by atoms with Gasteiger partial charge in [0.15, 0.2) is 0 Å². The Balaban J connectivity index is 1.77. The van der Waals surface area contributed by atoms with Crippen LogP contribution in [0.4, 0.5) is 11.4 Å². The van der Waals surface area contributed by atoms with E-state index in [4.69, 9.17) is 40.5 Å². The monoisotopic (exact) mass is 368 g/mol. The van der Waals surface area contributed by atoms with Crippen LogP contribution < -0.4 is 11.1 Å². The standard InChI is InChI=1S/C17H15Cl3N2O/c1-9-8-12(6-7-13(9)18)22-16(23)15-14(17(15,19)20)10-2-4-11(21)5-3-10/h2-8,14-15H,21H2,1H3,(H,22,23). The molecule has 3 rings (SSSR count). The summed E-state index contributed by atoms with van der Waals surface area (Å²) in [4.78, 5) is 12.5. The molecule has 1 fully saturated rings. The van der Waals surface area contributed by atoms with Crippen molar-refractivity contribution in [2.75, 3.05) is 11.1 Å². The van der Waals surface area contributed by atoms with Gasteiger partial charge in [-0.2, -0.15) is 0 Å². The van der Waals surface area contributed by atoms with Crippen molar-refractivity contribution in [1.82, 2.24) is 0 Å². The number of hydrogen-bond acceptors (Lipinski definition) is 2. The van der Waals surface area contributed by atoms with Crippen LogP contribution >= 0.6 is 34.8 Å². The van der Waals surface area contributed by atoms with Crippen LogP contribution in [-0.4, -0.2) is 10.2 Å². The van der Waals surface area contributed by atoms with Crippen molar-refractivity contribution in [3.05, 3.63) is 58.6 Å². The number of aryl methyl sites for hydroxylation is 1. The van der Waals surface area contributed by atoms with Gasteiger partial charge in [-0.3, -0.25) is 4.79 Å². The van der Waals surface area contributed by atoms with Gasteiger partial charge in [-0.1, -0.05) is 23.7 Å². The summed E-state index contributed by atoms with van der Waals surface area (Å²) in [6.07, 6.45) is 0. The molecule has 0 aromatic heterocycles. The highest BCUT2D eigenvalue weighted by atomic mass is 35.5. The molecule has 6 heteroatoms. The fraction of sp³-hybridized carbons (Fsp3) is 0.235. The summed E-state index contributed by atoms with van der Waals surface area (Å²) in [5.41, 5.74) is 8.79. The zero-order chi connectivity index (χ0) is 16.8. The number of carbonyl (C=O) groups is 1. The summed E-state index contributed by atoms with van der Waals surface area (Å²) in [6.45, 7) is 1.87. The Kier molecular flexibility index (Phi) is 4.21. The van der Waals surface area contributed by atoms with Gasteiger partial charge in [0.2, 0.25) is 5.91 Å². The number of halogens is 3. The number of carbonyl (C=O) groups excluding carboxylic acids is 1. The molecule has 1 saturated carbocycles. The molecule has 3 N–H and O–H groups in total. The number of nitrogens with two attached hydrogens (primary N) is 1. The first kappa shape index (κ1) is 16.4. The largest absolute Gasteiger partial charge is 0.399 e. The first-order chi connectivity index (χ1) is 10.8. The van der Waals surface area contributed by atoms with Crippen molar-refractivity contribution in [2.24, 2.45) is 5.92 Å². The van der Waals surface area contributed by atoms with E-state index >= 15 is 0 Å². The molecular formula is C17H15Cl3N2O. The first-order valence-electron chi connectivity index (χ1n) is 7.11. The topological polar surface area (TPSA) is 55.1 Å². The maximum Gasteiger partial charge on any atom is 0.231 e. The molecule has 3 nitrogen and oxygen atoms in total. The van der Waals surface area contributed by atoms with Gasteiger partial charge in [-0.25, -0.2) is 0 Å². The van der Waals surface area contributed by atoms with Gasteiger partial charge in [-0.05, 0) is 48.4 Å². The molecule has 0 radical (unpaired) electrons. The number of benzene rings is 2. The van der Waals surface area contributed by atoms with Gasteiger partial charge in [0.25, 0.3) is 0 Å². The first-order valence-corrected chi connectivity index (χ1v) is 8.24. The SMILES string of the molecule is Cc1cc(NC(=O)C2C(c3ccc(N)cc3)C2(Cl)Cl)ccc1Cl. The van der Waals surface area contributed by atoms with Crippen LogP contribution in [0.25, 0.3) is 0 Å². The Morgan fingerprint density at radius 1 is 1.17 bits per heavy atom. The molecular weight excluding hydrogens is 355 g/mol. The lowest BCUT2D eigenvalue weighted by Crippen LogP contribution is -2.17. The summed E-state index contributed by atoms with van der Waals surface area (Å²) in [6, 6.07) is 12.5. The summed E-state index contributed by atoms with van der Waals surface area (Å²) in [5, 5.41) is 3.50. The van der Waals surface area contributed by atoms with E-state index in [0.717, 1.165) is 11.1 Å². The molecule has 1 aliphatic carbocycles. The fourth-order valence-electron chi connectivity index (χ4n) is 2.71. The molecule has 0 saturated heterocycles. The molecule has 0 spiro atoms. The fourth-order valence-corrected chi connectivity index (χ4v) is 3.66. The quantitative estimate of drug-likeness (QED) is 0.605. The van der Waals surface area contributed by atoms with Crippen molar-refractivity contribution >= 4 is 52.1 Å². The lowest BCUT2D eigenvalue weighted by atomic mass is 10.1. The van der Waals surface area contributed by atoms with Gasteiger partial charge in [-0.15, -0.1) is 23.2 Å². The normalized spacial score (nSPS) is 21.7. The molecule has 0 bridgehead atoms. The highest BCUT2D eigenvalue weighted by Gasteiger charge is 2.67. The third-order valence-corrected chi connectivity index (χ3v) is 5.42. The third kappa shape index (κ3) is 3.14. The molecule has 1 amide bonds. The zero-order valence-corrected chi connectivity index (χ0v) is 14.6. The summed E-state index contributed by atoms with van der Waals surface area (Å²) in [5.74, 6) is -0.969. The number of amides is 1. The number of hydrogen-bond donors (Lipinski definition) is 2. The molecule has 0 heterocycles. The number of alkyl halides is 2. The minimum atomic E-state index is -1.11. The van der Waals surface area contributed by atoms with Crippen LogP contribution in [0, 0.1) is 12.8 Å². The minimum absolute atomic E-state index is 0.210. The average molecular weight is 370 g/mol. The molecule has 2 atom stereocenters. The van der Waals surface area contributed by atoms with Crippen LogP contribution in [-0.2, 0) is 4.79 Å². The molecule has 2 aromatic carbocycles. The van der Waals surface area contributed by atoms with Crippen molar-refractivity contribution in [1.29, 1.82) is 0 Å². The highest BCUT2D eigenvalue weighted by Crippen LogP contribution is 2.65. The Labute approximate surface area is 149 Å². The van der Waals surface area contributed by atoms with Crippen LogP contribution in [0.2, 0.25) is 5.02 Å². The van der Waals surface area contributed by atoms with E-state index in [1.54, 1.807) is 24.3 Å². The molecule has 1 aliphatic rings.